The molecule has 0 amide bonds. The van der Waals surface area contributed by atoms with Crippen molar-refractivity contribution in [3.63, 3.8) is 0 Å². The molecule has 0 radical (unpaired) electrons. The van der Waals surface area contributed by atoms with E-state index in [0.717, 1.165) is 18.4 Å². The van der Waals surface area contributed by atoms with Crippen LogP contribution < -0.4 is 16.4 Å². The molecule has 3 atom stereocenters. The van der Waals surface area contributed by atoms with Gasteiger partial charge in [-0.3, -0.25) is 0 Å². The van der Waals surface area contributed by atoms with Gasteiger partial charge in [0, 0.05) is 0 Å². The Morgan fingerprint density at radius 2 is 2.00 bits per heavy atom. The van der Waals surface area contributed by atoms with E-state index < -0.39 is 0 Å². The van der Waals surface area contributed by atoms with Crippen molar-refractivity contribution in [2.45, 2.75) is 44.7 Å². The quantitative estimate of drug-likeness (QED) is 0.651. The van der Waals surface area contributed by atoms with Crippen LogP contribution >= 0.6 is 0 Å². The van der Waals surface area contributed by atoms with E-state index in [1.165, 1.54) is 51.6 Å². The summed E-state index contributed by atoms with van der Waals surface area (Å²) in [6, 6.07) is 0. The molecule has 2 fully saturated rings. The Kier molecular flexibility index (Phi) is 4.42. The maximum absolute atomic E-state index is 5.75. The van der Waals surface area contributed by atoms with Crippen LogP contribution in [0.4, 0.5) is 0 Å². The number of hydrogen-bond acceptors (Lipinski definition) is 3. The summed E-state index contributed by atoms with van der Waals surface area (Å²) in [5.41, 5.74) is 5.75. The first kappa shape index (κ1) is 11.4. The largest absolute Gasteiger partial charge is 0.330 e. The van der Waals surface area contributed by atoms with E-state index in [1.54, 1.807) is 0 Å². The van der Waals surface area contributed by atoms with Crippen molar-refractivity contribution in [3.8, 4) is 0 Å². The van der Waals surface area contributed by atoms with Gasteiger partial charge in [0.1, 0.15) is 0 Å². The molecule has 4 N–H and O–H groups in total. The fraction of sp³-hybridized carbons (Fsp3) is 1.00. The van der Waals surface area contributed by atoms with Gasteiger partial charge in [-0.1, -0.05) is 6.42 Å². The summed E-state index contributed by atoms with van der Waals surface area (Å²) in [7, 11) is 0. The highest BCUT2D eigenvalue weighted by molar-refractivity contribution is 4.78. The normalized spacial score (nSPS) is 37.0. The van der Waals surface area contributed by atoms with Crippen LogP contribution in [0, 0.1) is 11.8 Å². The van der Waals surface area contributed by atoms with E-state index in [-0.39, 0.29) is 0 Å². The number of nitrogens with two attached hydrogens (primary N) is 1. The van der Waals surface area contributed by atoms with Crippen molar-refractivity contribution in [1.29, 1.82) is 0 Å². The minimum atomic E-state index is 0.586. The van der Waals surface area contributed by atoms with Gasteiger partial charge in [-0.2, -0.15) is 0 Å². The predicted molar refractivity (Wildman–Crippen MR) is 63.5 cm³/mol. The predicted octanol–water partition coefficient (Wildman–Crippen LogP) is 1.05. The Hall–Kier alpha value is -0.120. The van der Waals surface area contributed by atoms with E-state index in [1.807, 2.05) is 0 Å². The van der Waals surface area contributed by atoms with Gasteiger partial charge in [0.2, 0.25) is 0 Å². The van der Waals surface area contributed by atoms with E-state index in [0.29, 0.717) is 6.17 Å². The summed E-state index contributed by atoms with van der Waals surface area (Å²) < 4.78 is 0. The molecule has 0 aromatic rings. The zero-order valence-corrected chi connectivity index (χ0v) is 9.67. The molecular weight excluding hydrogens is 186 g/mol. The van der Waals surface area contributed by atoms with E-state index in [2.05, 4.69) is 10.6 Å². The van der Waals surface area contributed by atoms with Gasteiger partial charge in [0.25, 0.3) is 0 Å². The summed E-state index contributed by atoms with van der Waals surface area (Å²) >= 11 is 0. The molecule has 1 aliphatic heterocycles. The fourth-order valence-corrected chi connectivity index (χ4v) is 2.97. The first-order valence-corrected chi connectivity index (χ1v) is 6.55. The molecule has 0 aromatic carbocycles. The van der Waals surface area contributed by atoms with Crippen molar-refractivity contribution >= 4 is 0 Å². The average Bonchev–Trinajstić information content (AvgIpc) is 2.79. The Morgan fingerprint density at radius 3 is 2.73 bits per heavy atom. The lowest BCUT2D eigenvalue weighted by Gasteiger charge is -2.29. The molecule has 2 rings (SSSR count). The van der Waals surface area contributed by atoms with E-state index >= 15 is 0 Å². The van der Waals surface area contributed by atoms with Gasteiger partial charge >= 0.3 is 0 Å². The Balaban J connectivity index is 1.65. The van der Waals surface area contributed by atoms with Crippen molar-refractivity contribution in [2.75, 3.05) is 19.6 Å². The van der Waals surface area contributed by atoms with Crippen LogP contribution in [0.2, 0.25) is 0 Å². The minimum absolute atomic E-state index is 0.586. The van der Waals surface area contributed by atoms with Crippen LogP contribution in [0.3, 0.4) is 0 Å². The summed E-state index contributed by atoms with van der Waals surface area (Å²) in [6.45, 7) is 3.26. The van der Waals surface area contributed by atoms with Crippen LogP contribution in [0.25, 0.3) is 0 Å². The summed E-state index contributed by atoms with van der Waals surface area (Å²) in [6.07, 6.45) is 8.69. The summed E-state index contributed by atoms with van der Waals surface area (Å²) in [5.74, 6) is 1.66. The highest BCUT2D eigenvalue weighted by atomic mass is 15.1. The average molecular weight is 211 g/mol. The second-order valence-electron chi connectivity index (χ2n) is 5.19. The minimum Gasteiger partial charge on any atom is -0.330 e. The molecule has 1 saturated heterocycles. The fourth-order valence-electron chi connectivity index (χ4n) is 2.97. The second kappa shape index (κ2) is 5.83. The molecule has 0 aromatic heterocycles. The number of rotatable bonds is 4. The van der Waals surface area contributed by atoms with Crippen molar-refractivity contribution in [1.82, 2.24) is 10.6 Å². The lowest BCUT2D eigenvalue weighted by Crippen LogP contribution is -2.41. The molecule has 0 bridgehead atoms. The molecule has 0 spiro atoms. The summed E-state index contributed by atoms with van der Waals surface area (Å²) in [5, 5.41) is 7.13. The standard InChI is InChI=1S/C12H25N3/c13-8-10-3-1-4-11(7-10)9-15-12-5-2-6-14-12/h10-12,14-15H,1-9,13H2. The zero-order chi connectivity index (χ0) is 10.5. The highest BCUT2D eigenvalue weighted by Gasteiger charge is 2.22. The smallest absolute Gasteiger partial charge is 0.0572 e. The highest BCUT2D eigenvalue weighted by Crippen LogP contribution is 2.27. The number of hydrogen-bond donors (Lipinski definition) is 3. The van der Waals surface area contributed by atoms with Crippen molar-refractivity contribution < 1.29 is 0 Å². The van der Waals surface area contributed by atoms with Crippen LogP contribution in [0.5, 0.6) is 0 Å². The van der Waals surface area contributed by atoms with Crippen LogP contribution in [-0.2, 0) is 0 Å². The van der Waals surface area contributed by atoms with E-state index in [9.17, 15) is 0 Å². The summed E-state index contributed by atoms with van der Waals surface area (Å²) in [4.78, 5) is 0. The molecule has 3 unspecified atom stereocenters. The molecule has 1 heterocycles. The van der Waals surface area contributed by atoms with Gasteiger partial charge in [-0.05, 0) is 63.6 Å². The molecule has 3 nitrogen and oxygen atoms in total. The van der Waals surface area contributed by atoms with Gasteiger partial charge in [0.05, 0.1) is 6.17 Å². The Morgan fingerprint density at radius 1 is 1.13 bits per heavy atom. The van der Waals surface area contributed by atoms with Crippen molar-refractivity contribution in [3.05, 3.63) is 0 Å². The molecule has 2 aliphatic rings. The Bertz CT molecular complexity index is 178. The molecule has 15 heavy (non-hydrogen) atoms. The van der Waals surface area contributed by atoms with Gasteiger partial charge in [-0.25, -0.2) is 0 Å². The van der Waals surface area contributed by atoms with Crippen LogP contribution in [-0.4, -0.2) is 25.8 Å². The zero-order valence-electron chi connectivity index (χ0n) is 9.67. The van der Waals surface area contributed by atoms with Gasteiger partial charge in [0.15, 0.2) is 0 Å². The first-order valence-electron chi connectivity index (χ1n) is 6.55. The third kappa shape index (κ3) is 3.44. The topological polar surface area (TPSA) is 50.1 Å². The first-order chi connectivity index (χ1) is 7.38. The monoisotopic (exact) mass is 211 g/mol. The lowest BCUT2D eigenvalue weighted by atomic mass is 9.81. The maximum atomic E-state index is 5.75. The Labute approximate surface area is 93.2 Å². The third-order valence-corrected chi connectivity index (χ3v) is 3.94. The molecular formula is C12H25N3. The molecule has 3 heteroatoms. The van der Waals surface area contributed by atoms with Gasteiger partial charge < -0.3 is 16.4 Å². The SMILES string of the molecule is NCC1CCCC(CNC2CCCN2)C1. The molecule has 88 valence electrons. The number of nitrogens with one attached hydrogen (secondary N) is 2. The van der Waals surface area contributed by atoms with E-state index in [4.69, 9.17) is 5.73 Å². The third-order valence-electron chi connectivity index (χ3n) is 3.94. The van der Waals surface area contributed by atoms with Gasteiger partial charge in [-0.15, -0.1) is 0 Å². The van der Waals surface area contributed by atoms with Crippen LogP contribution in [0.15, 0.2) is 0 Å². The maximum Gasteiger partial charge on any atom is 0.0572 e. The lowest BCUT2D eigenvalue weighted by molar-refractivity contribution is 0.255. The molecule has 1 aliphatic carbocycles. The van der Waals surface area contributed by atoms with Crippen LogP contribution in [0.1, 0.15) is 38.5 Å². The molecule has 1 saturated carbocycles. The van der Waals surface area contributed by atoms with Crippen molar-refractivity contribution in [2.24, 2.45) is 17.6 Å². The second-order valence-corrected chi connectivity index (χ2v) is 5.19.